The highest BCUT2D eigenvalue weighted by Gasteiger charge is 2.15. The van der Waals surface area contributed by atoms with Crippen LogP contribution in [0.5, 0.6) is 0 Å². The van der Waals surface area contributed by atoms with E-state index in [0.29, 0.717) is 0 Å². The first-order valence-electron chi connectivity index (χ1n) is 3.98. The average molecular weight is 283 g/mol. The second-order valence-electron chi connectivity index (χ2n) is 2.75. The molecule has 86 valence electrons. The molecule has 0 bridgehead atoms. The normalized spacial score (nSPS) is 11.6. The van der Waals surface area contributed by atoms with Crippen LogP contribution in [-0.2, 0) is 0 Å². The Morgan fingerprint density at radius 2 is 2.06 bits per heavy atom. The summed E-state index contributed by atoms with van der Waals surface area (Å²) in [6.45, 7) is 0. The van der Waals surface area contributed by atoms with Crippen molar-refractivity contribution in [2.75, 3.05) is 5.88 Å². The molecule has 0 amide bonds. The molecule has 0 aliphatic rings. The number of alkyl halides is 1. The Kier molecular flexibility index (Phi) is 4.35. The van der Waals surface area contributed by atoms with Crippen molar-refractivity contribution in [3.63, 3.8) is 0 Å². The van der Waals surface area contributed by atoms with Gasteiger partial charge in [-0.05, 0) is 6.07 Å². The van der Waals surface area contributed by atoms with Gasteiger partial charge in [-0.25, -0.2) is 4.99 Å². The fourth-order valence-electron chi connectivity index (χ4n) is 0.936. The molecule has 0 unspecified atom stereocenters. The summed E-state index contributed by atoms with van der Waals surface area (Å²) in [6.07, 6.45) is 0. The van der Waals surface area contributed by atoms with Crippen molar-refractivity contribution >= 4 is 52.0 Å². The quantitative estimate of drug-likeness (QED) is 0.304. The number of hydrogen-bond donors (Lipinski definition) is 1. The summed E-state index contributed by atoms with van der Waals surface area (Å²) >= 11 is 16.9. The Balaban J connectivity index is 3.26. The number of rotatable bonds is 3. The molecule has 16 heavy (non-hydrogen) atoms. The molecule has 0 saturated carbocycles. The van der Waals surface area contributed by atoms with E-state index in [0.717, 1.165) is 6.07 Å². The first kappa shape index (κ1) is 13.0. The number of hydrogen-bond acceptors (Lipinski definition) is 3. The van der Waals surface area contributed by atoms with E-state index in [1.807, 2.05) is 0 Å². The van der Waals surface area contributed by atoms with Gasteiger partial charge in [-0.15, -0.1) is 11.6 Å². The monoisotopic (exact) mass is 281 g/mol. The van der Waals surface area contributed by atoms with E-state index in [1.54, 1.807) is 0 Å². The second-order valence-corrected chi connectivity index (χ2v) is 3.83. The summed E-state index contributed by atoms with van der Waals surface area (Å²) in [7, 11) is 0. The van der Waals surface area contributed by atoms with Crippen LogP contribution >= 0.6 is 34.8 Å². The van der Waals surface area contributed by atoms with Gasteiger partial charge in [-0.3, -0.25) is 10.1 Å². The van der Waals surface area contributed by atoms with E-state index in [-0.39, 0.29) is 33.1 Å². The fraction of sp³-hybridized carbons (Fsp3) is 0.125. The minimum Gasteiger partial charge on any atom is -0.386 e. The first-order chi connectivity index (χ1) is 7.45. The minimum absolute atomic E-state index is 0.0327. The molecule has 0 aromatic heterocycles. The number of nitro groups is 1. The molecular weight excluding hydrogens is 276 g/mol. The third-order valence-electron chi connectivity index (χ3n) is 1.61. The molecule has 1 aromatic rings. The third kappa shape index (κ3) is 2.98. The number of aliphatic imine (C=N–C) groups is 1. The average Bonchev–Trinajstić information content (AvgIpc) is 2.22. The van der Waals surface area contributed by atoms with Crippen molar-refractivity contribution in [2.24, 2.45) is 10.7 Å². The molecule has 0 saturated heterocycles. The van der Waals surface area contributed by atoms with Gasteiger partial charge in [0.15, 0.2) is 0 Å². The van der Waals surface area contributed by atoms with E-state index in [4.69, 9.17) is 40.5 Å². The molecule has 0 aliphatic heterocycles. The summed E-state index contributed by atoms with van der Waals surface area (Å²) in [4.78, 5) is 13.8. The van der Waals surface area contributed by atoms with Gasteiger partial charge in [0.05, 0.1) is 21.5 Å². The minimum atomic E-state index is -0.632. The van der Waals surface area contributed by atoms with Crippen LogP contribution in [0.15, 0.2) is 17.1 Å². The van der Waals surface area contributed by atoms with Gasteiger partial charge in [-0.2, -0.15) is 0 Å². The zero-order valence-corrected chi connectivity index (χ0v) is 10.1. The van der Waals surface area contributed by atoms with Gasteiger partial charge in [0.1, 0.15) is 10.9 Å². The van der Waals surface area contributed by atoms with Gasteiger partial charge >= 0.3 is 0 Å². The van der Waals surface area contributed by atoms with E-state index < -0.39 is 4.92 Å². The maximum absolute atomic E-state index is 10.5. The lowest BCUT2D eigenvalue weighted by molar-refractivity contribution is -0.384. The van der Waals surface area contributed by atoms with E-state index in [1.165, 1.54) is 6.07 Å². The summed E-state index contributed by atoms with van der Waals surface area (Å²) in [5, 5.41) is 10.6. The number of benzene rings is 1. The molecule has 0 spiro atoms. The molecule has 1 rings (SSSR count). The third-order valence-corrected chi connectivity index (χ3v) is 2.49. The molecule has 1 aromatic carbocycles. The highest BCUT2D eigenvalue weighted by molar-refractivity contribution is 6.36. The number of halogens is 3. The summed E-state index contributed by atoms with van der Waals surface area (Å²) in [6, 6.07) is 2.38. The zero-order valence-electron chi connectivity index (χ0n) is 7.78. The Bertz CT molecular complexity index is 462. The SMILES string of the molecule is NC(CCl)=Nc1cc(Cl)c([N+](=O)[O-])cc1Cl. The number of nitrogens with two attached hydrogens (primary N) is 1. The van der Waals surface area contributed by atoms with Crippen molar-refractivity contribution < 1.29 is 4.92 Å². The van der Waals surface area contributed by atoms with E-state index in [2.05, 4.69) is 4.99 Å². The van der Waals surface area contributed by atoms with Gasteiger partial charge in [0.25, 0.3) is 5.69 Å². The van der Waals surface area contributed by atoms with Crippen molar-refractivity contribution in [1.82, 2.24) is 0 Å². The van der Waals surface area contributed by atoms with Gasteiger partial charge in [-0.1, -0.05) is 23.2 Å². The van der Waals surface area contributed by atoms with Gasteiger partial charge in [0, 0.05) is 6.07 Å². The summed E-state index contributed by atoms with van der Waals surface area (Å²) in [5.74, 6) is 0.179. The number of amidine groups is 1. The maximum atomic E-state index is 10.5. The standard InChI is InChI=1S/C8H6Cl3N3O2/c9-3-8(12)13-6-1-5(11)7(14(15)16)2-4(6)10/h1-2H,3H2,(H2,12,13). The zero-order chi connectivity index (χ0) is 12.3. The molecule has 5 nitrogen and oxygen atoms in total. The van der Waals surface area contributed by atoms with Crippen LogP contribution in [-0.4, -0.2) is 16.6 Å². The van der Waals surface area contributed by atoms with Crippen molar-refractivity contribution in [3.05, 3.63) is 32.3 Å². The predicted octanol–water partition coefficient (Wildman–Crippen LogP) is 3.13. The molecule has 0 aliphatic carbocycles. The van der Waals surface area contributed by atoms with Crippen LogP contribution in [0, 0.1) is 10.1 Å². The lowest BCUT2D eigenvalue weighted by Crippen LogP contribution is -2.12. The van der Waals surface area contributed by atoms with Crippen LogP contribution in [0.1, 0.15) is 0 Å². The number of nitrogens with zero attached hydrogens (tertiary/aromatic N) is 2. The molecular formula is C8H6Cl3N3O2. The topological polar surface area (TPSA) is 81.5 Å². The Labute approximate surface area is 106 Å². The first-order valence-corrected chi connectivity index (χ1v) is 5.27. The highest BCUT2D eigenvalue weighted by atomic mass is 35.5. The molecule has 8 heteroatoms. The molecule has 0 heterocycles. The van der Waals surface area contributed by atoms with Crippen LogP contribution in [0.2, 0.25) is 10.0 Å². The Morgan fingerprint density at radius 1 is 1.44 bits per heavy atom. The van der Waals surface area contributed by atoms with Crippen LogP contribution < -0.4 is 5.73 Å². The second kappa shape index (κ2) is 5.34. The van der Waals surface area contributed by atoms with Crippen LogP contribution in [0.25, 0.3) is 0 Å². The van der Waals surface area contributed by atoms with Crippen molar-refractivity contribution in [1.29, 1.82) is 0 Å². The molecule has 0 atom stereocenters. The smallest absolute Gasteiger partial charge is 0.289 e. The summed E-state index contributed by atoms with van der Waals surface area (Å²) in [5.41, 5.74) is 5.37. The van der Waals surface area contributed by atoms with Crippen LogP contribution in [0.4, 0.5) is 11.4 Å². The largest absolute Gasteiger partial charge is 0.386 e. The molecule has 2 N–H and O–H groups in total. The summed E-state index contributed by atoms with van der Waals surface area (Å²) < 4.78 is 0. The highest BCUT2D eigenvalue weighted by Crippen LogP contribution is 2.35. The lowest BCUT2D eigenvalue weighted by atomic mass is 10.3. The molecule has 0 fully saturated rings. The predicted molar refractivity (Wildman–Crippen MR) is 65.1 cm³/mol. The van der Waals surface area contributed by atoms with Crippen molar-refractivity contribution in [2.45, 2.75) is 0 Å². The Morgan fingerprint density at radius 3 is 2.56 bits per heavy atom. The molecule has 0 radical (unpaired) electrons. The van der Waals surface area contributed by atoms with E-state index in [9.17, 15) is 10.1 Å². The fourth-order valence-corrected chi connectivity index (χ4v) is 1.42. The Hall–Kier alpha value is -1.04. The van der Waals surface area contributed by atoms with Crippen LogP contribution in [0.3, 0.4) is 0 Å². The van der Waals surface area contributed by atoms with Gasteiger partial charge < -0.3 is 5.73 Å². The maximum Gasteiger partial charge on any atom is 0.289 e. The lowest BCUT2D eigenvalue weighted by Gasteiger charge is -2.01. The van der Waals surface area contributed by atoms with Gasteiger partial charge in [0.2, 0.25) is 0 Å². The number of nitro benzene ring substituents is 1. The van der Waals surface area contributed by atoms with E-state index >= 15 is 0 Å². The van der Waals surface area contributed by atoms with Crippen molar-refractivity contribution in [3.8, 4) is 0 Å².